The fourth-order valence-corrected chi connectivity index (χ4v) is 4.24. The van der Waals surface area contributed by atoms with Gasteiger partial charge >= 0.3 is 6.18 Å². The van der Waals surface area contributed by atoms with E-state index in [1.54, 1.807) is 12.1 Å². The summed E-state index contributed by atoms with van der Waals surface area (Å²) in [7, 11) is 4.41. The molecule has 1 aliphatic rings. The normalized spacial score (nSPS) is 14.9. The first-order chi connectivity index (χ1) is 16.0. The molecule has 1 aliphatic carbocycles. The number of ether oxygens (including phenoxy) is 4. The van der Waals surface area contributed by atoms with Crippen molar-refractivity contribution in [2.75, 3.05) is 27.9 Å². The number of nitrogens with one attached hydrogen (secondary N) is 1. The van der Waals surface area contributed by atoms with Gasteiger partial charge in [0, 0.05) is 12.5 Å². The van der Waals surface area contributed by atoms with Crippen molar-refractivity contribution in [2.45, 2.75) is 38.9 Å². The predicted molar refractivity (Wildman–Crippen MR) is 119 cm³/mol. The maximum Gasteiger partial charge on any atom is 0.422 e. The fraction of sp³-hybridized carbons (Fsp3) is 0.417. The van der Waals surface area contributed by atoms with Gasteiger partial charge in [0.1, 0.15) is 0 Å². The van der Waals surface area contributed by atoms with Crippen LogP contribution in [0.3, 0.4) is 0 Å². The lowest BCUT2D eigenvalue weighted by Crippen LogP contribution is -2.26. The van der Waals surface area contributed by atoms with Crippen molar-refractivity contribution in [3.8, 4) is 34.1 Å². The first kappa shape index (κ1) is 25.2. The van der Waals surface area contributed by atoms with Crippen LogP contribution in [0.5, 0.6) is 23.0 Å². The number of carbonyl (C=O) groups is 1. The Balaban J connectivity index is 2.38. The van der Waals surface area contributed by atoms with Crippen LogP contribution in [0.4, 0.5) is 13.2 Å². The highest BCUT2D eigenvalue weighted by Crippen LogP contribution is 2.50. The van der Waals surface area contributed by atoms with Gasteiger partial charge in [-0.2, -0.15) is 13.2 Å². The van der Waals surface area contributed by atoms with E-state index in [1.807, 2.05) is 0 Å². The summed E-state index contributed by atoms with van der Waals surface area (Å²) in [5.74, 6) is 0.389. The highest BCUT2D eigenvalue weighted by Gasteiger charge is 2.32. The molecule has 0 bridgehead atoms. The van der Waals surface area contributed by atoms with E-state index in [4.69, 9.17) is 18.9 Å². The van der Waals surface area contributed by atoms with Gasteiger partial charge in [0.15, 0.2) is 23.9 Å². The van der Waals surface area contributed by atoms with Gasteiger partial charge in [0.25, 0.3) is 0 Å². The number of benzene rings is 1. The highest BCUT2D eigenvalue weighted by molar-refractivity contribution is 5.84. The van der Waals surface area contributed by atoms with E-state index in [0.29, 0.717) is 46.8 Å². The largest absolute Gasteiger partial charge is 0.493 e. The number of fused-ring (bicyclic) bond motifs is 3. The van der Waals surface area contributed by atoms with Crippen LogP contribution in [-0.2, 0) is 11.2 Å². The Morgan fingerprint density at radius 1 is 1.06 bits per heavy atom. The van der Waals surface area contributed by atoms with E-state index in [1.165, 1.54) is 41.2 Å². The first-order valence-electron chi connectivity index (χ1n) is 10.5. The molecule has 10 heteroatoms. The minimum Gasteiger partial charge on any atom is -0.493 e. The lowest BCUT2D eigenvalue weighted by molar-refractivity contribution is -0.153. The molecule has 0 radical (unpaired) electrons. The molecule has 1 atom stereocenters. The molecule has 0 saturated heterocycles. The molecule has 7 nitrogen and oxygen atoms in total. The molecule has 2 aromatic carbocycles. The third-order valence-corrected chi connectivity index (χ3v) is 5.56. The third kappa shape index (κ3) is 5.05. The van der Waals surface area contributed by atoms with E-state index >= 15 is 0 Å². The Morgan fingerprint density at radius 3 is 2.29 bits per heavy atom. The van der Waals surface area contributed by atoms with Crippen molar-refractivity contribution in [1.82, 2.24) is 5.32 Å². The maximum atomic E-state index is 13.0. The molecule has 0 unspecified atom stereocenters. The minimum atomic E-state index is -4.61. The van der Waals surface area contributed by atoms with Gasteiger partial charge in [-0.3, -0.25) is 9.59 Å². The van der Waals surface area contributed by atoms with Crippen LogP contribution in [0.25, 0.3) is 11.1 Å². The highest BCUT2D eigenvalue weighted by atomic mass is 19.4. The van der Waals surface area contributed by atoms with Gasteiger partial charge in [-0.05, 0) is 60.2 Å². The lowest BCUT2D eigenvalue weighted by atomic mass is 9.95. The number of aryl methyl sites for hydroxylation is 2. The summed E-state index contributed by atoms with van der Waals surface area (Å²) in [5.41, 5.74) is 1.85. The summed E-state index contributed by atoms with van der Waals surface area (Å²) in [4.78, 5) is 24.9. The molecule has 0 aromatic heterocycles. The summed E-state index contributed by atoms with van der Waals surface area (Å²) in [6, 6.07) is 4.02. The molecule has 1 amide bonds. The van der Waals surface area contributed by atoms with Gasteiger partial charge < -0.3 is 24.3 Å². The minimum absolute atomic E-state index is 0.210. The molecule has 184 valence electrons. The first-order valence-corrected chi connectivity index (χ1v) is 10.5. The van der Waals surface area contributed by atoms with Crippen molar-refractivity contribution in [3.05, 3.63) is 45.1 Å². The van der Waals surface area contributed by atoms with Gasteiger partial charge in [-0.1, -0.05) is 0 Å². The topological polar surface area (TPSA) is 83.1 Å². The number of alkyl halides is 3. The van der Waals surface area contributed by atoms with E-state index < -0.39 is 30.0 Å². The Hall–Kier alpha value is -3.43. The second kappa shape index (κ2) is 9.82. The number of methoxy groups -OCH3 is 3. The van der Waals surface area contributed by atoms with Crippen LogP contribution >= 0.6 is 0 Å². The Kier molecular flexibility index (Phi) is 7.28. The van der Waals surface area contributed by atoms with Gasteiger partial charge in [0.05, 0.1) is 27.4 Å². The van der Waals surface area contributed by atoms with Crippen molar-refractivity contribution in [3.63, 3.8) is 0 Å². The fourth-order valence-electron chi connectivity index (χ4n) is 4.24. The molecule has 34 heavy (non-hydrogen) atoms. The number of amides is 1. The zero-order chi connectivity index (χ0) is 25.2. The molecule has 0 saturated carbocycles. The smallest absolute Gasteiger partial charge is 0.422 e. The summed E-state index contributed by atoms with van der Waals surface area (Å²) in [6.45, 7) is 1.25. The SMILES string of the molecule is COc1cc2c(c(OC)c1OC)-c1cc(C)c(OCC(F)(F)F)c(=O)cc1[C@@H](NC(C)=O)CC2. The summed E-state index contributed by atoms with van der Waals surface area (Å²) in [6.07, 6.45) is -3.68. The number of hydrogen-bond acceptors (Lipinski definition) is 6. The van der Waals surface area contributed by atoms with Crippen LogP contribution < -0.4 is 29.7 Å². The van der Waals surface area contributed by atoms with Crippen LogP contribution in [0.1, 0.15) is 36.1 Å². The Morgan fingerprint density at radius 2 is 1.74 bits per heavy atom. The van der Waals surface area contributed by atoms with Crippen LogP contribution in [-0.4, -0.2) is 40.0 Å². The standard InChI is InChI=1S/C24H26F3NO6/c1-12-8-16-15(10-18(30)21(12)34-11-24(25,26)27)17(28-13(2)29)7-6-14-9-19(31-3)22(32-4)23(33-5)20(14)16/h8-10,17H,6-7,11H2,1-5H3,(H,28,29)/t17-/m0/s1. The van der Waals surface area contributed by atoms with Crippen LogP contribution in [0.15, 0.2) is 23.0 Å². The predicted octanol–water partition coefficient (Wildman–Crippen LogP) is 4.11. The molecule has 2 aromatic rings. The zero-order valence-electron chi connectivity index (χ0n) is 19.5. The second-order valence-corrected chi connectivity index (χ2v) is 7.91. The van der Waals surface area contributed by atoms with Crippen molar-refractivity contribution in [1.29, 1.82) is 0 Å². The molecule has 0 heterocycles. The molecule has 3 rings (SSSR count). The average molecular weight is 481 g/mol. The summed E-state index contributed by atoms with van der Waals surface area (Å²) >= 11 is 0. The molecular weight excluding hydrogens is 455 g/mol. The number of hydrogen-bond donors (Lipinski definition) is 1. The number of carbonyl (C=O) groups excluding carboxylic acids is 1. The summed E-state index contributed by atoms with van der Waals surface area (Å²) < 4.78 is 59.9. The van der Waals surface area contributed by atoms with Crippen molar-refractivity contribution >= 4 is 5.91 Å². The lowest BCUT2D eigenvalue weighted by Gasteiger charge is -2.20. The average Bonchev–Trinajstić information content (AvgIpc) is 2.96. The third-order valence-electron chi connectivity index (χ3n) is 5.56. The van der Waals surface area contributed by atoms with E-state index in [2.05, 4.69) is 5.32 Å². The molecule has 0 spiro atoms. The molecule has 1 N–H and O–H groups in total. The van der Waals surface area contributed by atoms with E-state index in [0.717, 1.165) is 5.56 Å². The van der Waals surface area contributed by atoms with Gasteiger partial charge in [-0.15, -0.1) is 0 Å². The van der Waals surface area contributed by atoms with Crippen LogP contribution in [0.2, 0.25) is 0 Å². The number of rotatable bonds is 6. The quantitative estimate of drug-likeness (QED) is 0.669. The van der Waals surface area contributed by atoms with Crippen molar-refractivity contribution in [2.24, 2.45) is 0 Å². The monoisotopic (exact) mass is 481 g/mol. The number of halogens is 3. The summed E-state index contributed by atoms with van der Waals surface area (Å²) in [5, 5.41) is 2.84. The molecule has 0 fully saturated rings. The zero-order valence-corrected chi connectivity index (χ0v) is 19.5. The maximum absolute atomic E-state index is 13.0. The van der Waals surface area contributed by atoms with E-state index in [9.17, 15) is 22.8 Å². The van der Waals surface area contributed by atoms with Gasteiger partial charge in [0.2, 0.25) is 17.1 Å². The Labute approximate surface area is 194 Å². The van der Waals surface area contributed by atoms with E-state index in [-0.39, 0.29) is 11.5 Å². The van der Waals surface area contributed by atoms with Crippen LogP contribution in [0, 0.1) is 6.92 Å². The molecule has 0 aliphatic heterocycles. The molecular formula is C24H26F3NO6. The Bertz CT molecular complexity index is 1160. The van der Waals surface area contributed by atoms with Gasteiger partial charge in [-0.25, -0.2) is 0 Å². The van der Waals surface area contributed by atoms with Crippen molar-refractivity contribution < 1.29 is 36.9 Å². The second-order valence-electron chi connectivity index (χ2n) is 7.91.